The van der Waals surface area contributed by atoms with Crippen LogP contribution in [-0.4, -0.2) is 30.7 Å². The molecule has 0 unspecified atom stereocenters. The molecule has 1 aromatic carbocycles. The second kappa shape index (κ2) is 6.70. The summed E-state index contributed by atoms with van der Waals surface area (Å²) in [4.78, 5) is 37.1. The van der Waals surface area contributed by atoms with Gasteiger partial charge in [0.15, 0.2) is 0 Å². The van der Waals surface area contributed by atoms with Gasteiger partial charge in [0.25, 0.3) is 5.91 Å². The molecular formula is C18H19NO5. The van der Waals surface area contributed by atoms with Gasteiger partial charge in [0.1, 0.15) is 5.60 Å². The molecule has 6 nitrogen and oxygen atoms in total. The number of anilines is 1. The van der Waals surface area contributed by atoms with Gasteiger partial charge in [0.2, 0.25) is 0 Å². The van der Waals surface area contributed by atoms with Crippen molar-refractivity contribution in [1.82, 2.24) is 0 Å². The number of para-hydroxylation sites is 1. The minimum absolute atomic E-state index is 0.302. The molecule has 0 N–H and O–H groups in total. The van der Waals surface area contributed by atoms with Crippen molar-refractivity contribution < 1.29 is 23.9 Å². The number of methoxy groups -OCH3 is 1. The highest BCUT2D eigenvalue weighted by molar-refractivity contribution is 6.39. The smallest absolute Gasteiger partial charge is 0.422 e. The summed E-state index contributed by atoms with van der Waals surface area (Å²) in [6.45, 7) is 5.19. The number of esters is 1. The first kappa shape index (κ1) is 17.5. The lowest BCUT2D eigenvalue weighted by atomic mass is 10.1. The van der Waals surface area contributed by atoms with Crippen LogP contribution in [-0.2, 0) is 19.1 Å². The molecule has 0 aromatic heterocycles. The van der Waals surface area contributed by atoms with E-state index in [2.05, 4.69) is 4.74 Å². The second-order valence-corrected chi connectivity index (χ2v) is 6.10. The SMILES string of the molecule is COC(=O)/C=C\C=C1\C(=O)N(C(=O)OC(C)(C)C)c2ccccc21. The molecule has 126 valence electrons. The third-order valence-corrected chi connectivity index (χ3v) is 3.14. The Bertz CT molecular complexity index is 740. The number of nitrogens with zero attached hydrogens (tertiary/aromatic N) is 1. The predicted molar refractivity (Wildman–Crippen MR) is 89.3 cm³/mol. The summed E-state index contributed by atoms with van der Waals surface area (Å²) in [6.07, 6.45) is 3.34. The van der Waals surface area contributed by atoms with Gasteiger partial charge in [-0.25, -0.2) is 14.5 Å². The summed E-state index contributed by atoms with van der Waals surface area (Å²) in [5.74, 6) is -1.03. The maximum Gasteiger partial charge on any atom is 0.422 e. The van der Waals surface area contributed by atoms with E-state index in [-0.39, 0.29) is 0 Å². The van der Waals surface area contributed by atoms with Gasteiger partial charge in [0.05, 0.1) is 12.8 Å². The molecule has 0 saturated carbocycles. The van der Waals surface area contributed by atoms with Crippen molar-refractivity contribution in [2.24, 2.45) is 0 Å². The lowest BCUT2D eigenvalue weighted by Crippen LogP contribution is -2.38. The van der Waals surface area contributed by atoms with Crippen LogP contribution in [0.15, 0.2) is 42.5 Å². The second-order valence-electron chi connectivity index (χ2n) is 6.10. The van der Waals surface area contributed by atoms with E-state index in [1.807, 2.05) is 0 Å². The first-order chi connectivity index (χ1) is 11.2. The van der Waals surface area contributed by atoms with E-state index in [0.717, 1.165) is 4.90 Å². The number of benzene rings is 1. The topological polar surface area (TPSA) is 72.9 Å². The van der Waals surface area contributed by atoms with E-state index in [4.69, 9.17) is 4.74 Å². The zero-order valence-corrected chi connectivity index (χ0v) is 14.0. The van der Waals surface area contributed by atoms with Crippen molar-refractivity contribution in [2.75, 3.05) is 12.0 Å². The van der Waals surface area contributed by atoms with Gasteiger partial charge in [-0.2, -0.15) is 0 Å². The molecular weight excluding hydrogens is 310 g/mol. The number of hydrogen-bond acceptors (Lipinski definition) is 5. The molecule has 0 atom stereocenters. The normalized spacial score (nSPS) is 15.8. The molecule has 1 aromatic rings. The quantitative estimate of drug-likeness (QED) is 0.616. The number of allylic oxidation sites excluding steroid dienone is 2. The van der Waals surface area contributed by atoms with Crippen LogP contribution in [0.4, 0.5) is 10.5 Å². The van der Waals surface area contributed by atoms with Crippen molar-refractivity contribution in [3.05, 3.63) is 48.1 Å². The van der Waals surface area contributed by atoms with Gasteiger partial charge in [-0.15, -0.1) is 0 Å². The Hall–Kier alpha value is -2.89. The number of carbonyl (C=O) groups is 3. The number of hydrogen-bond donors (Lipinski definition) is 0. The van der Waals surface area contributed by atoms with Crippen molar-refractivity contribution in [2.45, 2.75) is 26.4 Å². The van der Waals surface area contributed by atoms with Crippen LogP contribution in [0.3, 0.4) is 0 Å². The van der Waals surface area contributed by atoms with E-state index in [0.29, 0.717) is 16.8 Å². The standard InChI is InChI=1S/C18H19NO5/c1-18(2,3)24-17(22)19-14-10-6-5-8-12(14)13(16(19)21)9-7-11-15(20)23-4/h5-11H,1-4H3/b11-7-,13-9+. The minimum atomic E-state index is -0.736. The largest absolute Gasteiger partial charge is 0.466 e. The van der Waals surface area contributed by atoms with Gasteiger partial charge in [0, 0.05) is 17.2 Å². The van der Waals surface area contributed by atoms with Crippen LogP contribution in [0, 0.1) is 0 Å². The molecule has 0 fully saturated rings. The molecule has 6 heteroatoms. The average molecular weight is 329 g/mol. The number of amides is 2. The van der Waals surface area contributed by atoms with Crippen LogP contribution < -0.4 is 4.90 Å². The Kier molecular flexibility index (Phi) is 4.87. The summed E-state index contributed by atoms with van der Waals surface area (Å²) in [6, 6.07) is 6.90. The Labute approximate surface area is 140 Å². The monoisotopic (exact) mass is 329 g/mol. The van der Waals surface area contributed by atoms with Crippen molar-refractivity contribution >= 4 is 29.2 Å². The zero-order valence-electron chi connectivity index (χ0n) is 14.0. The zero-order chi connectivity index (χ0) is 17.9. The van der Waals surface area contributed by atoms with Crippen molar-refractivity contribution in [3.63, 3.8) is 0 Å². The number of carbonyl (C=O) groups excluding carboxylic acids is 3. The Morgan fingerprint density at radius 2 is 1.83 bits per heavy atom. The fourth-order valence-corrected chi connectivity index (χ4v) is 2.18. The Morgan fingerprint density at radius 3 is 2.46 bits per heavy atom. The van der Waals surface area contributed by atoms with Gasteiger partial charge < -0.3 is 9.47 Å². The van der Waals surface area contributed by atoms with Gasteiger partial charge in [-0.3, -0.25) is 4.79 Å². The number of imide groups is 1. The molecule has 2 amide bonds. The van der Waals surface area contributed by atoms with E-state index in [1.54, 1.807) is 45.0 Å². The average Bonchev–Trinajstić information content (AvgIpc) is 2.78. The van der Waals surface area contributed by atoms with E-state index in [9.17, 15) is 14.4 Å². The van der Waals surface area contributed by atoms with E-state index >= 15 is 0 Å². The number of ether oxygens (including phenoxy) is 2. The molecule has 0 spiro atoms. The highest BCUT2D eigenvalue weighted by atomic mass is 16.6. The Morgan fingerprint density at radius 1 is 1.17 bits per heavy atom. The molecule has 0 saturated heterocycles. The van der Waals surface area contributed by atoms with E-state index < -0.39 is 23.6 Å². The lowest BCUT2D eigenvalue weighted by Gasteiger charge is -2.23. The van der Waals surface area contributed by atoms with Crippen LogP contribution >= 0.6 is 0 Å². The molecule has 1 heterocycles. The molecule has 2 rings (SSSR count). The van der Waals surface area contributed by atoms with Crippen molar-refractivity contribution in [3.8, 4) is 0 Å². The van der Waals surface area contributed by atoms with Gasteiger partial charge in [-0.05, 0) is 32.9 Å². The first-order valence-electron chi connectivity index (χ1n) is 7.38. The van der Waals surface area contributed by atoms with E-state index in [1.165, 1.54) is 25.3 Å². The maximum atomic E-state index is 12.6. The predicted octanol–water partition coefficient (Wildman–Crippen LogP) is 3.08. The van der Waals surface area contributed by atoms with Crippen LogP contribution in [0.1, 0.15) is 26.3 Å². The van der Waals surface area contributed by atoms with Gasteiger partial charge in [-0.1, -0.05) is 24.3 Å². The first-order valence-corrected chi connectivity index (χ1v) is 7.38. The fourth-order valence-electron chi connectivity index (χ4n) is 2.18. The van der Waals surface area contributed by atoms with Gasteiger partial charge >= 0.3 is 12.1 Å². The molecule has 0 radical (unpaired) electrons. The highest BCUT2D eigenvalue weighted by Gasteiger charge is 2.38. The van der Waals surface area contributed by atoms with Crippen LogP contribution in [0.5, 0.6) is 0 Å². The summed E-state index contributed by atoms with van der Waals surface area (Å²) in [5, 5.41) is 0. The number of rotatable bonds is 2. The highest BCUT2D eigenvalue weighted by Crippen LogP contribution is 2.37. The Balaban J connectivity index is 2.39. The minimum Gasteiger partial charge on any atom is -0.466 e. The summed E-state index contributed by atoms with van der Waals surface area (Å²) in [7, 11) is 1.26. The molecule has 1 aliphatic rings. The molecule has 0 bridgehead atoms. The van der Waals surface area contributed by atoms with Crippen LogP contribution in [0.25, 0.3) is 5.57 Å². The third-order valence-electron chi connectivity index (χ3n) is 3.14. The number of fused-ring (bicyclic) bond motifs is 1. The summed E-state index contributed by atoms with van der Waals surface area (Å²) >= 11 is 0. The summed E-state index contributed by atoms with van der Waals surface area (Å²) < 4.78 is 9.81. The molecule has 0 aliphatic carbocycles. The third kappa shape index (κ3) is 3.71. The molecule has 1 aliphatic heterocycles. The lowest BCUT2D eigenvalue weighted by molar-refractivity contribution is -0.134. The van der Waals surface area contributed by atoms with Crippen LogP contribution in [0.2, 0.25) is 0 Å². The fraction of sp³-hybridized carbons (Fsp3) is 0.278. The maximum absolute atomic E-state index is 12.6. The van der Waals surface area contributed by atoms with Crippen molar-refractivity contribution in [1.29, 1.82) is 0 Å². The molecule has 24 heavy (non-hydrogen) atoms. The summed E-state index contributed by atoms with van der Waals surface area (Å²) in [5.41, 5.74) is 0.637.